The Kier molecular flexibility index (Phi) is 8.55. The summed E-state index contributed by atoms with van der Waals surface area (Å²) in [5, 5.41) is 13.0. The van der Waals surface area contributed by atoms with Crippen LogP contribution in [-0.4, -0.2) is 67.2 Å². The molecule has 1 aromatic carbocycles. The van der Waals surface area contributed by atoms with E-state index in [2.05, 4.69) is 38.7 Å². The molecule has 1 amide bonds. The summed E-state index contributed by atoms with van der Waals surface area (Å²) in [5.41, 5.74) is 3.85. The summed E-state index contributed by atoms with van der Waals surface area (Å²) in [5.74, 6) is 2.12. The molecule has 0 spiro atoms. The van der Waals surface area contributed by atoms with Crippen LogP contribution in [0.2, 0.25) is 0 Å². The Morgan fingerprint density at radius 3 is 2.33 bits per heavy atom. The van der Waals surface area contributed by atoms with E-state index in [0.29, 0.717) is 24.0 Å². The van der Waals surface area contributed by atoms with Crippen molar-refractivity contribution in [2.24, 2.45) is 0 Å². The first-order valence-electron chi connectivity index (χ1n) is 13.0. The number of hydrogen-bond donors (Lipinski definition) is 1. The highest BCUT2D eigenvalue weighted by Crippen LogP contribution is 2.36. The molecule has 1 aromatic heterocycles. The summed E-state index contributed by atoms with van der Waals surface area (Å²) >= 11 is 0. The number of ether oxygens (including phenoxy) is 2. The molecule has 2 aliphatic rings. The standard InChI is InChI=1S/C28H39N5O3/c1-20-21(2)33(23-8-6-5-7-9-23)28(24(20)17-29)30-27(34)19-32-14-12-31(13-15-32)18-22-10-11-25(35-3)26(16-22)36-4/h10-11,16,23H,5-9,12-15,18-19H2,1-4H3,(H,30,34). The largest absolute Gasteiger partial charge is 0.493 e. The van der Waals surface area contributed by atoms with Crippen molar-refractivity contribution in [1.82, 2.24) is 14.4 Å². The number of benzene rings is 1. The van der Waals surface area contributed by atoms with Gasteiger partial charge in [-0.2, -0.15) is 5.26 Å². The molecule has 8 nitrogen and oxygen atoms in total. The quantitative estimate of drug-likeness (QED) is 0.592. The fraction of sp³-hybridized carbons (Fsp3) is 0.571. The van der Waals surface area contributed by atoms with Crippen molar-refractivity contribution in [1.29, 1.82) is 5.26 Å². The van der Waals surface area contributed by atoms with Gasteiger partial charge in [0, 0.05) is 44.5 Å². The minimum absolute atomic E-state index is 0.0469. The second-order valence-electron chi connectivity index (χ2n) is 10.00. The Balaban J connectivity index is 1.35. The van der Waals surface area contributed by atoms with Gasteiger partial charge >= 0.3 is 0 Å². The van der Waals surface area contributed by atoms with E-state index in [1.807, 2.05) is 19.1 Å². The van der Waals surface area contributed by atoms with Crippen LogP contribution in [0.4, 0.5) is 5.82 Å². The van der Waals surface area contributed by atoms with E-state index in [4.69, 9.17) is 9.47 Å². The second-order valence-corrected chi connectivity index (χ2v) is 10.00. The number of piperazine rings is 1. The molecule has 1 saturated heterocycles. The number of nitrogens with one attached hydrogen (secondary N) is 1. The summed E-state index contributed by atoms with van der Waals surface area (Å²) in [6, 6.07) is 8.74. The van der Waals surface area contributed by atoms with Crippen LogP contribution in [0.1, 0.15) is 60.5 Å². The zero-order valence-electron chi connectivity index (χ0n) is 22.1. The molecule has 2 heterocycles. The Morgan fingerprint density at radius 1 is 1.03 bits per heavy atom. The molecule has 2 fully saturated rings. The summed E-state index contributed by atoms with van der Waals surface area (Å²) in [7, 11) is 3.29. The van der Waals surface area contributed by atoms with Gasteiger partial charge in [-0.15, -0.1) is 0 Å². The third-order valence-corrected chi connectivity index (χ3v) is 7.75. The zero-order valence-corrected chi connectivity index (χ0v) is 22.1. The van der Waals surface area contributed by atoms with E-state index >= 15 is 0 Å². The SMILES string of the molecule is COc1ccc(CN2CCN(CC(=O)Nc3c(C#N)c(C)c(C)n3C3CCCCC3)CC2)cc1OC. The van der Waals surface area contributed by atoms with Crippen LogP contribution in [0.25, 0.3) is 0 Å². The fourth-order valence-corrected chi connectivity index (χ4v) is 5.60. The van der Waals surface area contributed by atoms with E-state index < -0.39 is 0 Å². The molecule has 4 rings (SSSR count). The molecule has 0 bridgehead atoms. The average Bonchev–Trinajstić information content (AvgIpc) is 3.13. The molecule has 1 N–H and O–H groups in total. The first-order chi connectivity index (χ1) is 17.4. The van der Waals surface area contributed by atoms with Gasteiger partial charge in [-0.3, -0.25) is 14.6 Å². The predicted molar refractivity (Wildman–Crippen MR) is 141 cm³/mol. The Hall–Kier alpha value is -3.02. The number of carbonyl (C=O) groups is 1. The zero-order chi connectivity index (χ0) is 25.7. The van der Waals surface area contributed by atoms with Crippen molar-refractivity contribution >= 4 is 11.7 Å². The topological polar surface area (TPSA) is 82.8 Å². The van der Waals surface area contributed by atoms with Gasteiger partial charge in [-0.25, -0.2) is 0 Å². The van der Waals surface area contributed by atoms with E-state index in [1.54, 1.807) is 14.2 Å². The number of methoxy groups -OCH3 is 2. The van der Waals surface area contributed by atoms with Crippen LogP contribution in [0.3, 0.4) is 0 Å². The average molecular weight is 494 g/mol. The van der Waals surface area contributed by atoms with Crippen LogP contribution in [0.15, 0.2) is 18.2 Å². The van der Waals surface area contributed by atoms with Crippen molar-refractivity contribution in [2.75, 3.05) is 52.3 Å². The minimum atomic E-state index is -0.0469. The van der Waals surface area contributed by atoms with Gasteiger partial charge in [0.05, 0.1) is 26.3 Å². The van der Waals surface area contributed by atoms with E-state index in [9.17, 15) is 10.1 Å². The van der Waals surface area contributed by atoms with Gasteiger partial charge in [0.2, 0.25) is 5.91 Å². The first kappa shape index (κ1) is 26.1. The van der Waals surface area contributed by atoms with Gasteiger partial charge in [-0.05, 0) is 49.9 Å². The molecule has 2 aromatic rings. The highest BCUT2D eigenvalue weighted by Gasteiger charge is 2.27. The fourth-order valence-electron chi connectivity index (χ4n) is 5.60. The van der Waals surface area contributed by atoms with Crippen molar-refractivity contribution in [2.45, 2.75) is 58.5 Å². The van der Waals surface area contributed by atoms with Crippen LogP contribution < -0.4 is 14.8 Å². The molecule has 36 heavy (non-hydrogen) atoms. The number of anilines is 1. The van der Waals surface area contributed by atoms with Crippen LogP contribution in [0.5, 0.6) is 11.5 Å². The number of aromatic nitrogens is 1. The maximum Gasteiger partial charge on any atom is 0.239 e. The summed E-state index contributed by atoms with van der Waals surface area (Å²) < 4.78 is 13.0. The minimum Gasteiger partial charge on any atom is -0.493 e. The van der Waals surface area contributed by atoms with Gasteiger partial charge in [0.1, 0.15) is 11.9 Å². The molecular weight excluding hydrogens is 454 g/mol. The third-order valence-electron chi connectivity index (χ3n) is 7.75. The van der Waals surface area contributed by atoms with Gasteiger partial charge in [-0.1, -0.05) is 25.3 Å². The number of hydrogen-bond acceptors (Lipinski definition) is 6. The molecule has 1 aliphatic heterocycles. The van der Waals surface area contributed by atoms with Gasteiger partial charge < -0.3 is 19.4 Å². The Bertz CT molecular complexity index is 1110. The maximum absolute atomic E-state index is 13.1. The van der Waals surface area contributed by atoms with E-state index in [1.165, 1.54) is 24.8 Å². The normalized spacial score (nSPS) is 17.5. The lowest BCUT2D eigenvalue weighted by Gasteiger charge is -2.34. The number of rotatable bonds is 8. The van der Waals surface area contributed by atoms with E-state index in [0.717, 1.165) is 68.3 Å². The number of nitrogens with zero attached hydrogens (tertiary/aromatic N) is 4. The maximum atomic E-state index is 13.1. The van der Waals surface area contributed by atoms with Gasteiger partial charge in [0.15, 0.2) is 11.5 Å². The van der Waals surface area contributed by atoms with Gasteiger partial charge in [0.25, 0.3) is 0 Å². The number of amides is 1. The highest BCUT2D eigenvalue weighted by molar-refractivity contribution is 5.93. The lowest BCUT2D eigenvalue weighted by molar-refractivity contribution is -0.117. The smallest absolute Gasteiger partial charge is 0.239 e. The molecule has 0 unspecified atom stereocenters. The Labute approximate surface area is 214 Å². The molecule has 194 valence electrons. The monoisotopic (exact) mass is 493 g/mol. The van der Waals surface area contributed by atoms with Crippen LogP contribution in [-0.2, 0) is 11.3 Å². The molecule has 1 saturated carbocycles. The lowest BCUT2D eigenvalue weighted by atomic mass is 9.95. The molecule has 0 atom stereocenters. The summed E-state index contributed by atoms with van der Waals surface area (Å²) in [6.07, 6.45) is 5.87. The van der Waals surface area contributed by atoms with Crippen molar-refractivity contribution in [3.05, 3.63) is 40.6 Å². The molecule has 1 aliphatic carbocycles. The van der Waals surface area contributed by atoms with E-state index in [-0.39, 0.29) is 5.91 Å². The number of nitriles is 1. The molecule has 0 radical (unpaired) electrons. The highest BCUT2D eigenvalue weighted by atomic mass is 16.5. The summed E-state index contributed by atoms with van der Waals surface area (Å²) in [4.78, 5) is 17.7. The predicted octanol–water partition coefficient (Wildman–Crippen LogP) is 4.26. The number of carbonyl (C=O) groups excluding carboxylic acids is 1. The van der Waals surface area contributed by atoms with Crippen LogP contribution >= 0.6 is 0 Å². The van der Waals surface area contributed by atoms with Crippen molar-refractivity contribution in [3.63, 3.8) is 0 Å². The molecular formula is C28H39N5O3. The summed E-state index contributed by atoms with van der Waals surface area (Å²) in [6.45, 7) is 8.66. The second kappa shape index (κ2) is 11.8. The lowest BCUT2D eigenvalue weighted by Crippen LogP contribution is -2.48. The van der Waals surface area contributed by atoms with Crippen LogP contribution in [0, 0.1) is 25.2 Å². The van der Waals surface area contributed by atoms with Crippen molar-refractivity contribution < 1.29 is 14.3 Å². The Morgan fingerprint density at radius 2 is 1.69 bits per heavy atom. The molecule has 8 heteroatoms. The van der Waals surface area contributed by atoms with Crippen molar-refractivity contribution in [3.8, 4) is 17.6 Å². The first-order valence-corrected chi connectivity index (χ1v) is 13.0. The third kappa shape index (κ3) is 5.69.